The Morgan fingerprint density at radius 2 is 1.41 bits per heavy atom. The monoisotopic (exact) mass is 382 g/mol. The zero-order valence-electron chi connectivity index (χ0n) is 17.4. The molecule has 1 aliphatic rings. The number of aromatic hydroxyl groups is 1. The molecule has 1 aliphatic heterocycles. The van der Waals surface area contributed by atoms with E-state index in [0.29, 0.717) is 6.42 Å². The number of nitrogens with zero attached hydrogens (tertiary/aromatic N) is 2. The van der Waals surface area contributed by atoms with Gasteiger partial charge in [0.25, 0.3) is 0 Å². The number of fused-ring (bicyclic) bond motifs is 1. The Bertz CT molecular complexity index is 1120. The summed E-state index contributed by atoms with van der Waals surface area (Å²) in [5.41, 5.74) is 7.79. The van der Waals surface area contributed by atoms with Crippen LogP contribution in [0.4, 0.5) is 11.4 Å². The van der Waals surface area contributed by atoms with Crippen LogP contribution in [0.2, 0.25) is 0 Å². The zero-order valence-corrected chi connectivity index (χ0v) is 17.4. The van der Waals surface area contributed by atoms with Crippen LogP contribution in [0.15, 0.2) is 76.7 Å². The molecule has 0 bridgehead atoms. The minimum atomic E-state index is 0.108. The molecule has 146 valence electrons. The number of phenols is 1. The summed E-state index contributed by atoms with van der Waals surface area (Å²) in [5, 5.41) is 10.5. The fraction of sp³-hybridized carbons (Fsp3) is 0.231. The third-order valence-electron chi connectivity index (χ3n) is 5.27. The van der Waals surface area contributed by atoms with E-state index in [9.17, 15) is 5.11 Å². The lowest BCUT2D eigenvalue weighted by molar-refractivity contribution is 0.474. The van der Waals surface area contributed by atoms with Gasteiger partial charge in [0.05, 0.1) is 22.8 Å². The van der Waals surface area contributed by atoms with Crippen LogP contribution in [0.1, 0.15) is 49.4 Å². The van der Waals surface area contributed by atoms with Gasteiger partial charge < -0.3 is 5.11 Å². The lowest BCUT2D eigenvalue weighted by Gasteiger charge is -2.19. The Kier molecular flexibility index (Phi) is 4.83. The Morgan fingerprint density at radius 1 is 0.793 bits per heavy atom. The maximum atomic E-state index is 10.5. The van der Waals surface area contributed by atoms with Crippen LogP contribution >= 0.6 is 0 Å². The SMILES string of the molecule is Cc1ccc(O)c(C2=Nc3ccccc3N=C(c3ccc(C(C)(C)C)cc3)C2)c1. The molecule has 3 nitrogen and oxygen atoms in total. The van der Waals surface area contributed by atoms with Gasteiger partial charge in [0.15, 0.2) is 0 Å². The van der Waals surface area contributed by atoms with Crippen LogP contribution in [0.5, 0.6) is 5.75 Å². The van der Waals surface area contributed by atoms with Crippen LogP contribution in [0.25, 0.3) is 0 Å². The fourth-order valence-electron chi connectivity index (χ4n) is 3.55. The van der Waals surface area contributed by atoms with E-state index in [1.54, 1.807) is 6.07 Å². The number of rotatable bonds is 2. The number of hydrogen-bond donors (Lipinski definition) is 1. The van der Waals surface area contributed by atoms with Crippen molar-refractivity contribution in [3.05, 3.63) is 89.0 Å². The highest BCUT2D eigenvalue weighted by atomic mass is 16.3. The van der Waals surface area contributed by atoms with E-state index in [1.165, 1.54) is 5.56 Å². The summed E-state index contributed by atoms with van der Waals surface area (Å²) < 4.78 is 0. The van der Waals surface area contributed by atoms with E-state index in [4.69, 9.17) is 9.98 Å². The molecule has 0 amide bonds. The maximum Gasteiger partial charge on any atom is 0.124 e. The van der Waals surface area contributed by atoms with Gasteiger partial charge in [0, 0.05) is 12.0 Å². The normalized spacial score (nSPS) is 13.9. The molecule has 29 heavy (non-hydrogen) atoms. The maximum absolute atomic E-state index is 10.5. The second-order valence-electron chi connectivity index (χ2n) is 8.63. The van der Waals surface area contributed by atoms with Gasteiger partial charge >= 0.3 is 0 Å². The Labute approximate surface area is 172 Å². The van der Waals surface area contributed by atoms with Crippen molar-refractivity contribution in [2.45, 2.75) is 39.5 Å². The third kappa shape index (κ3) is 4.00. The molecule has 0 unspecified atom stereocenters. The number of benzene rings is 3. The number of aliphatic imine (C=N–C) groups is 2. The minimum absolute atomic E-state index is 0.108. The molecule has 0 saturated carbocycles. The molecule has 0 atom stereocenters. The Hall–Kier alpha value is -3.20. The summed E-state index contributed by atoms with van der Waals surface area (Å²) in [4.78, 5) is 9.84. The first-order valence-electron chi connectivity index (χ1n) is 9.96. The third-order valence-corrected chi connectivity index (χ3v) is 5.27. The molecule has 1 heterocycles. The highest BCUT2D eigenvalue weighted by Gasteiger charge is 2.19. The summed E-state index contributed by atoms with van der Waals surface area (Å²) in [6.45, 7) is 8.67. The molecular formula is C26H26N2O. The van der Waals surface area contributed by atoms with Crippen LogP contribution in [0.3, 0.4) is 0 Å². The number of para-hydroxylation sites is 2. The molecule has 0 aliphatic carbocycles. The second-order valence-corrected chi connectivity index (χ2v) is 8.63. The van der Waals surface area contributed by atoms with Crippen molar-refractivity contribution in [2.24, 2.45) is 9.98 Å². The lowest BCUT2D eigenvalue weighted by atomic mass is 9.86. The molecule has 0 spiro atoms. The van der Waals surface area contributed by atoms with Gasteiger partial charge in [-0.15, -0.1) is 0 Å². The summed E-state index contributed by atoms with van der Waals surface area (Å²) in [6, 6.07) is 22.2. The van der Waals surface area contributed by atoms with Gasteiger partial charge in [-0.25, -0.2) is 0 Å². The molecule has 1 N–H and O–H groups in total. The largest absolute Gasteiger partial charge is 0.507 e. The van der Waals surface area contributed by atoms with Crippen molar-refractivity contribution >= 4 is 22.8 Å². The van der Waals surface area contributed by atoms with E-state index in [2.05, 4.69) is 45.0 Å². The molecule has 3 heteroatoms. The highest BCUT2D eigenvalue weighted by Crippen LogP contribution is 2.34. The molecule has 3 aromatic carbocycles. The summed E-state index contributed by atoms with van der Waals surface area (Å²) in [7, 11) is 0. The van der Waals surface area contributed by atoms with Crippen LogP contribution in [-0.2, 0) is 5.41 Å². The molecule has 0 radical (unpaired) electrons. The van der Waals surface area contributed by atoms with Gasteiger partial charge in [-0.2, -0.15) is 0 Å². The van der Waals surface area contributed by atoms with Crippen molar-refractivity contribution in [3.8, 4) is 5.75 Å². The van der Waals surface area contributed by atoms with Gasteiger partial charge in [-0.05, 0) is 47.7 Å². The average molecular weight is 383 g/mol. The summed E-state index contributed by atoms with van der Waals surface area (Å²) in [6.07, 6.45) is 0.556. The van der Waals surface area contributed by atoms with Gasteiger partial charge in [0.2, 0.25) is 0 Å². The van der Waals surface area contributed by atoms with E-state index >= 15 is 0 Å². The number of aryl methyl sites for hydroxylation is 1. The van der Waals surface area contributed by atoms with E-state index < -0.39 is 0 Å². The van der Waals surface area contributed by atoms with Gasteiger partial charge in [0.1, 0.15) is 5.75 Å². The number of phenolic OH excluding ortho intramolecular Hbond substituents is 1. The van der Waals surface area contributed by atoms with Crippen molar-refractivity contribution in [2.75, 3.05) is 0 Å². The molecule has 0 aromatic heterocycles. The van der Waals surface area contributed by atoms with Crippen molar-refractivity contribution < 1.29 is 5.11 Å². The zero-order chi connectivity index (χ0) is 20.6. The van der Waals surface area contributed by atoms with Crippen molar-refractivity contribution in [1.29, 1.82) is 0 Å². The molecule has 0 fully saturated rings. The highest BCUT2D eigenvalue weighted by molar-refractivity contribution is 6.21. The van der Waals surface area contributed by atoms with E-state index in [1.807, 2.05) is 43.3 Å². The van der Waals surface area contributed by atoms with Gasteiger partial charge in [-0.3, -0.25) is 9.98 Å². The smallest absolute Gasteiger partial charge is 0.124 e. The molecule has 0 saturated heterocycles. The van der Waals surface area contributed by atoms with Crippen LogP contribution in [0, 0.1) is 6.92 Å². The first kappa shape index (κ1) is 19.1. The second kappa shape index (κ2) is 7.32. The Balaban J connectivity index is 1.83. The molecule has 4 rings (SSSR count). The first-order valence-corrected chi connectivity index (χ1v) is 9.96. The van der Waals surface area contributed by atoms with Crippen molar-refractivity contribution in [3.63, 3.8) is 0 Å². The van der Waals surface area contributed by atoms with Gasteiger partial charge in [-0.1, -0.05) is 68.8 Å². The van der Waals surface area contributed by atoms with E-state index in [0.717, 1.165) is 39.5 Å². The standard InChI is InChI=1S/C26H26N2O/c1-17-9-14-25(29)20(15-17)24-16-23(27-21-7-5-6-8-22(21)28-24)18-10-12-19(13-11-18)26(2,3)4/h5-15,29H,16H2,1-4H3. The van der Waals surface area contributed by atoms with Crippen LogP contribution in [-0.4, -0.2) is 16.5 Å². The molecular weight excluding hydrogens is 356 g/mol. The van der Waals surface area contributed by atoms with E-state index in [-0.39, 0.29) is 11.2 Å². The molecule has 3 aromatic rings. The quantitative estimate of drug-likeness (QED) is 0.530. The summed E-state index contributed by atoms with van der Waals surface area (Å²) >= 11 is 0. The lowest BCUT2D eigenvalue weighted by Crippen LogP contribution is -2.13. The van der Waals surface area contributed by atoms with Crippen molar-refractivity contribution in [1.82, 2.24) is 0 Å². The average Bonchev–Trinajstić information content (AvgIpc) is 2.89. The predicted octanol–water partition coefficient (Wildman–Crippen LogP) is 6.64. The minimum Gasteiger partial charge on any atom is -0.507 e. The number of hydrogen-bond acceptors (Lipinski definition) is 3. The fourth-order valence-corrected chi connectivity index (χ4v) is 3.55. The topological polar surface area (TPSA) is 45.0 Å². The Morgan fingerprint density at radius 3 is 2.03 bits per heavy atom. The summed E-state index contributed by atoms with van der Waals surface area (Å²) in [5.74, 6) is 0.246. The van der Waals surface area contributed by atoms with Crippen LogP contribution < -0.4 is 0 Å². The first-order chi connectivity index (χ1) is 13.8. The predicted molar refractivity (Wildman–Crippen MR) is 121 cm³/mol.